The van der Waals surface area contributed by atoms with E-state index in [1.54, 1.807) is 6.07 Å². The molecule has 21 heavy (non-hydrogen) atoms. The van der Waals surface area contributed by atoms with Gasteiger partial charge in [0.15, 0.2) is 0 Å². The zero-order chi connectivity index (χ0) is 15.7. The Labute approximate surface area is 134 Å². The van der Waals surface area contributed by atoms with Crippen molar-refractivity contribution in [2.24, 2.45) is 5.73 Å². The summed E-state index contributed by atoms with van der Waals surface area (Å²) in [6, 6.07) is 6.95. The van der Waals surface area contributed by atoms with Crippen LogP contribution in [0.25, 0.3) is 0 Å². The third-order valence-electron chi connectivity index (χ3n) is 2.79. The Bertz CT molecular complexity index is 440. The molecule has 3 N–H and O–H groups in total. The Hall–Kier alpha value is -1.17. The molecular weight excluding hydrogens is 315 g/mol. The van der Waals surface area contributed by atoms with Crippen LogP contribution < -0.4 is 15.4 Å². The molecule has 0 aliphatic rings. The van der Waals surface area contributed by atoms with Crippen LogP contribution in [-0.2, 0) is 4.79 Å². The summed E-state index contributed by atoms with van der Waals surface area (Å²) in [4.78, 5) is 12.6. The van der Waals surface area contributed by atoms with Crippen molar-refractivity contribution in [2.75, 3.05) is 36.4 Å². The predicted molar refractivity (Wildman–Crippen MR) is 85.8 cm³/mol. The molecule has 0 aliphatic heterocycles. The van der Waals surface area contributed by atoms with Gasteiger partial charge in [0.1, 0.15) is 12.4 Å². The first-order chi connectivity index (χ1) is 10.1. The number of hydrogen-bond donors (Lipinski definition) is 2. The third-order valence-corrected chi connectivity index (χ3v) is 3.13. The number of carboxylic acid groups (broad SMARTS) is 1. The summed E-state index contributed by atoms with van der Waals surface area (Å²) in [5.41, 5.74) is 6.62. The highest BCUT2D eigenvalue weighted by Crippen LogP contribution is 2.21. The molecule has 0 fully saturated rings. The lowest BCUT2D eigenvalue weighted by atomic mass is 10.2. The number of aliphatic carboxylic acids is 1. The van der Waals surface area contributed by atoms with Gasteiger partial charge in [0.25, 0.3) is 0 Å². The SMILES string of the molecule is NC(COc1cccc(N(CCCl)CCCl)c1)CC(=O)O. The van der Waals surface area contributed by atoms with Crippen LogP contribution in [0, 0.1) is 0 Å². The van der Waals surface area contributed by atoms with Crippen LogP contribution in [0.4, 0.5) is 5.69 Å². The van der Waals surface area contributed by atoms with E-state index < -0.39 is 12.0 Å². The van der Waals surface area contributed by atoms with Crippen molar-refractivity contribution in [2.45, 2.75) is 12.5 Å². The lowest BCUT2D eigenvalue weighted by Crippen LogP contribution is -2.30. The van der Waals surface area contributed by atoms with E-state index in [9.17, 15) is 4.79 Å². The van der Waals surface area contributed by atoms with Gasteiger partial charge in [-0.25, -0.2) is 0 Å². The van der Waals surface area contributed by atoms with Crippen LogP contribution in [0.5, 0.6) is 5.75 Å². The second kappa shape index (κ2) is 9.71. The van der Waals surface area contributed by atoms with Gasteiger partial charge in [-0.15, -0.1) is 23.2 Å². The molecule has 118 valence electrons. The number of carbonyl (C=O) groups is 1. The van der Waals surface area contributed by atoms with Gasteiger partial charge in [-0.2, -0.15) is 0 Å². The molecule has 0 radical (unpaired) electrons. The molecule has 1 unspecified atom stereocenters. The molecule has 0 saturated carbocycles. The molecule has 0 spiro atoms. The molecule has 1 aromatic carbocycles. The molecule has 1 aromatic rings. The van der Waals surface area contributed by atoms with E-state index in [-0.39, 0.29) is 13.0 Å². The number of hydrogen-bond acceptors (Lipinski definition) is 4. The smallest absolute Gasteiger partial charge is 0.305 e. The van der Waals surface area contributed by atoms with Crippen LogP contribution in [0.1, 0.15) is 6.42 Å². The highest BCUT2D eigenvalue weighted by molar-refractivity contribution is 6.18. The van der Waals surface area contributed by atoms with Crippen LogP contribution in [0.15, 0.2) is 24.3 Å². The molecule has 1 rings (SSSR count). The van der Waals surface area contributed by atoms with E-state index in [1.165, 1.54) is 0 Å². The average Bonchev–Trinajstić information content (AvgIpc) is 2.44. The molecular formula is C14H20Cl2N2O3. The lowest BCUT2D eigenvalue weighted by molar-refractivity contribution is -0.137. The van der Waals surface area contributed by atoms with Crippen molar-refractivity contribution >= 4 is 34.9 Å². The first-order valence-corrected chi connectivity index (χ1v) is 7.70. The molecule has 0 bridgehead atoms. The Balaban J connectivity index is 2.64. The first-order valence-electron chi connectivity index (χ1n) is 6.64. The Morgan fingerprint density at radius 1 is 1.33 bits per heavy atom. The zero-order valence-corrected chi connectivity index (χ0v) is 13.2. The summed E-state index contributed by atoms with van der Waals surface area (Å²) >= 11 is 11.6. The van der Waals surface area contributed by atoms with Crippen molar-refractivity contribution in [1.82, 2.24) is 0 Å². The Kier molecular flexibility index (Phi) is 8.27. The summed E-state index contributed by atoms with van der Waals surface area (Å²) in [7, 11) is 0. The molecule has 5 nitrogen and oxygen atoms in total. The van der Waals surface area contributed by atoms with Gasteiger partial charge in [-0.3, -0.25) is 4.79 Å². The van der Waals surface area contributed by atoms with Crippen molar-refractivity contribution in [3.63, 3.8) is 0 Å². The van der Waals surface area contributed by atoms with Crippen LogP contribution in [0.2, 0.25) is 0 Å². The second-order valence-corrected chi connectivity index (χ2v) is 5.29. The number of carboxylic acids is 1. The van der Waals surface area contributed by atoms with Gasteiger partial charge in [0.05, 0.1) is 6.42 Å². The molecule has 1 atom stereocenters. The van der Waals surface area contributed by atoms with Crippen molar-refractivity contribution in [3.8, 4) is 5.75 Å². The summed E-state index contributed by atoms with van der Waals surface area (Å²) < 4.78 is 5.53. The standard InChI is InChI=1S/C14H20Cl2N2O3/c15-4-6-18(7-5-16)12-2-1-3-13(9-12)21-10-11(17)8-14(19)20/h1-3,9,11H,4-8,10,17H2,(H,19,20). The summed E-state index contributed by atoms with van der Waals surface area (Å²) in [5.74, 6) is 0.717. The minimum Gasteiger partial charge on any atom is -0.492 e. The minimum absolute atomic E-state index is 0.121. The van der Waals surface area contributed by atoms with Crippen molar-refractivity contribution in [3.05, 3.63) is 24.3 Å². The molecule has 0 saturated heterocycles. The van der Waals surface area contributed by atoms with Crippen molar-refractivity contribution in [1.29, 1.82) is 0 Å². The predicted octanol–water partition coefficient (Wildman–Crippen LogP) is 2.15. The fourth-order valence-corrected chi connectivity index (χ4v) is 2.24. The average molecular weight is 335 g/mol. The first kappa shape index (κ1) is 17.9. The van der Waals surface area contributed by atoms with Gasteiger partial charge >= 0.3 is 5.97 Å². The lowest BCUT2D eigenvalue weighted by Gasteiger charge is -2.23. The maximum atomic E-state index is 10.5. The van der Waals surface area contributed by atoms with Gasteiger partial charge in [0.2, 0.25) is 0 Å². The van der Waals surface area contributed by atoms with Crippen molar-refractivity contribution < 1.29 is 14.6 Å². The zero-order valence-electron chi connectivity index (χ0n) is 11.7. The molecule has 0 heterocycles. The summed E-state index contributed by atoms with van der Waals surface area (Å²) in [6.07, 6.45) is -0.121. The third kappa shape index (κ3) is 6.89. The van der Waals surface area contributed by atoms with Crippen LogP contribution >= 0.6 is 23.2 Å². The number of nitrogens with two attached hydrogens (primary N) is 1. The van der Waals surface area contributed by atoms with Gasteiger partial charge in [-0.05, 0) is 12.1 Å². The molecule has 0 aromatic heterocycles. The number of rotatable bonds is 10. The fraction of sp³-hybridized carbons (Fsp3) is 0.500. The number of alkyl halides is 2. The monoisotopic (exact) mass is 334 g/mol. The molecule has 0 aliphatic carbocycles. The fourth-order valence-electron chi connectivity index (χ4n) is 1.83. The van der Waals surface area contributed by atoms with E-state index in [1.807, 2.05) is 18.2 Å². The van der Waals surface area contributed by atoms with E-state index in [4.69, 9.17) is 38.8 Å². The molecule has 7 heteroatoms. The number of benzene rings is 1. The number of ether oxygens (including phenoxy) is 1. The largest absolute Gasteiger partial charge is 0.492 e. The highest BCUT2D eigenvalue weighted by Gasteiger charge is 2.10. The Morgan fingerprint density at radius 2 is 2.00 bits per heavy atom. The molecule has 0 amide bonds. The number of halogens is 2. The quantitative estimate of drug-likeness (QED) is 0.641. The van der Waals surface area contributed by atoms with E-state index in [2.05, 4.69) is 4.90 Å². The van der Waals surface area contributed by atoms with Crippen LogP contribution in [-0.4, -0.2) is 48.6 Å². The van der Waals surface area contributed by atoms with Crippen LogP contribution in [0.3, 0.4) is 0 Å². The van der Waals surface area contributed by atoms with E-state index in [0.29, 0.717) is 30.6 Å². The maximum Gasteiger partial charge on any atom is 0.305 e. The maximum absolute atomic E-state index is 10.5. The summed E-state index contributed by atoms with van der Waals surface area (Å²) in [5, 5.41) is 8.65. The van der Waals surface area contributed by atoms with E-state index >= 15 is 0 Å². The van der Waals surface area contributed by atoms with Gasteiger partial charge in [0, 0.05) is 42.6 Å². The normalized spacial score (nSPS) is 12.0. The second-order valence-electron chi connectivity index (χ2n) is 4.53. The number of anilines is 1. The summed E-state index contributed by atoms with van der Waals surface area (Å²) in [6.45, 7) is 1.53. The minimum atomic E-state index is -0.935. The van der Waals surface area contributed by atoms with Gasteiger partial charge < -0.3 is 20.5 Å². The topological polar surface area (TPSA) is 75.8 Å². The van der Waals surface area contributed by atoms with E-state index in [0.717, 1.165) is 5.69 Å². The number of nitrogens with zero attached hydrogens (tertiary/aromatic N) is 1. The Morgan fingerprint density at radius 3 is 2.57 bits per heavy atom. The highest BCUT2D eigenvalue weighted by atomic mass is 35.5. The van der Waals surface area contributed by atoms with Gasteiger partial charge in [-0.1, -0.05) is 6.07 Å².